The van der Waals surface area contributed by atoms with Crippen molar-refractivity contribution in [3.8, 4) is 0 Å². The lowest BCUT2D eigenvalue weighted by atomic mass is 10.1. The minimum absolute atomic E-state index is 0.574. The zero-order chi connectivity index (χ0) is 5.33. The van der Waals surface area contributed by atoms with Crippen LogP contribution in [0, 0.1) is 0 Å². The summed E-state index contributed by atoms with van der Waals surface area (Å²) in [6.07, 6.45) is 1.38. The van der Waals surface area contributed by atoms with E-state index in [0.29, 0.717) is 4.75 Å². The minimum atomic E-state index is 0.574. The molecule has 0 N–H and O–H groups in total. The van der Waals surface area contributed by atoms with E-state index in [-0.39, 0.29) is 0 Å². The first kappa shape index (κ1) is 5.83. The molecule has 0 radical (unpaired) electrons. The smallest absolute Gasteiger partial charge is 0.0215 e. The molecule has 7 heavy (non-hydrogen) atoms. The van der Waals surface area contributed by atoms with Crippen molar-refractivity contribution in [2.24, 2.45) is 0 Å². The lowest BCUT2D eigenvalue weighted by Crippen LogP contribution is -2.07. The van der Waals surface area contributed by atoms with Gasteiger partial charge in [0, 0.05) is 10.5 Å². The Hall–Kier alpha value is 0.700. The van der Waals surface area contributed by atoms with Gasteiger partial charge in [-0.15, -0.1) is 0 Å². The highest BCUT2D eigenvalue weighted by molar-refractivity contribution is 8.77. The zero-order valence-corrected chi connectivity index (χ0v) is 6.36. The van der Waals surface area contributed by atoms with E-state index in [4.69, 9.17) is 0 Å². The fraction of sp³-hybridized carbons (Fsp3) is 1.00. The lowest BCUT2D eigenvalue weighted by molar-refractivity contribution is 0.705. The number of hydrogen-bond acceptors (Lipinski definition) is 2. The molecule has 0 amide bonds. The summed E-state index contributed by atoms with van der Waals surface area (Å²) in [7, 11) is 4.01. The van der Waals surface area contributed by atoms with E-state index in [1.165, 1.54) is 12.2 Å². The van der Waals surface area contributed by atoms with Crippen LogP contribution in [0.15, 0.2) is 0 Å². The highest BCUT2D eigenvalue weighted by Gasteiger charge is 2.23. The maximum Gasteiger partial charge on any atom is 0.0215 e. The van der Waals surface area contributed by atoms with Crippen molar-refractivity contribution in [1.29, 1.82) is 0 Å². The maximum atomic E-state index is 2.30. The third-order valence-electron chi connectivity index (χ3n) is 1.07. The third-order valence-corrected chi connectivity index (χ3v) is 4.42. The first-order chi connectivity index (χ1) is 3.21. The standard InChI is InChI=1S/C5H10S2/c1-5(2)3-4-6-7-5/h3-4H2,1-2H3. The van der Waals surface area contributed by atoms with Crippen molar-refractivity contribution >= 4 is 21.6 Å². The van der Waals surface area contributed by atoms with E-state index in [0.717, 1.165) is 0 Å². The molecule has 1 fully saturated rings. The molecule has 2 heteroatoms. The van der Waals surface area contributed by atoms with Crippen molar-refractivity contribution in [2.45, 2.75) is 25.0 Å². The molecule has 1 heterocycles. The number of hydrogen-bond donors (Lipinski definition) is 0. The van der Waals surface area contributed by atoms with Gasteiger partial charge in [0.1, 0.15) is 0 Å². The summed E-state index contributed by atoms with van der Waals surface area (Å²) in [6.45, 7) is 4.61. The Balaban J connectivity index is 2.40. The highest BCUT2D eigenvalue weighted by atomic mass is 33.1. The van der Waals surface area contributed by atoms with Gasteiger partial charge in [-0.05, 0) is 20.3 Å². The number of rotatable bonds is 0. The SMILES string of the molecule is CC1(C)CCSS1. The van der Waals surface area contributed by atoms with Crippen LogP contribution in [0.5, 0.6) is 0 Å². The Kier molecular flexibility index (Phi) is 1.58. The molecule has 1 aliphatic rings. The average Bonchev–Trinajstić information content (AvgIpc) is 1.84. The summed E-state index contributed by atoms with van der Waals surface area (Å²) in [5, 5.41) is 0. The van der Waals surface area contributed by atoms with Gasteiger partial charge in [0.15, 0.2) is 0 Å². The van der Waals surface area contributed by atoms with Gasteiger partial charge in [-0.1, -0.05) is 21.6 Å². The Bertz CT molecular complexity index is 60.5. The predicted molar refractivity (Wildman–Crippen MR) is 38.7 cm³/mol. The molecule has 1 rings (SSSR count). The van der Waals surface area contributed by atoms with Gasteiger partial charge in [-0.3, -0.25) is 0 Å². The second kappa shape index (κ2) is 1.90. The minimum Gasteiger partial charge on any atom is -0.0936 e. The summed E-state index contributed by atoms with van der Waals surface area (Å²) in [5.74, 6) is 1.34. The summed E-state index contributed by atoms with van der Waals surface area (Å²) in [5.41, 5.74) is 0. The van der Waals surface area contributed by atoms with E-state index in [1.807, 2.05) is 21.6 Å². The normalized spacial score (nSPS) is 28.3. The summed E-state index contributed by atoms with van der Waals surface area (Å²) >= 11 is 0. The summed E-state index contributed by atoms with van der Waals surface area (Å²) < 4.78 is 0.574. The second-order valence-corrected chi connectivity index (χ2v) is 5.54. The third kappa shape index (κ3) is 1.57. The molecule has 0 atom stereocenters. The van der Waals surface area contributed by atoms with Gasteiger partial charge in [-0.25, -0.2) is 0 Å². The molecule has 1 saturated heterocycles. The topological polar surface area (TPSA) is 0 Å². The molecule has 0 spiro atoms. The maximum absolute atomic E-state index is 2.30. The van der Waals surface area contributed by atoms with Gasteiger partial charge in [0.2, 0.25) is 0 Å². The molecule has 0 saturated carbocycles. The first-order valence-corrected chi connectivity index (χ1v) is 4.83. The molecule has 0 aromatic rings. The largest absolute Gasteiger partial charge is 0.0936 e. The van der Waals surface area contributed by atoms with Crippen molar-refractivity contribution < 1.29 is 0 Å². The van der Waals surface area contributed by atoms with Crippen LogP contribution < -0.4 is 0 Å². The molecular weight excluding hydrogens is 124 g/mol. The van der Waals surface area contributed by atoms with Crippen molar-refractivity contribution in [3.63, 3.8) is 0 Å². The summed E-state index contributed by atoms with van der Waals surface area (Å²) in [4.78, 5) is 0. The molecular formula is C5H10S2. The Morgan fingerprint density at radius 3 is 2.29 bits per heavy atom. The van der Waals surface area contributed by atoms with Gasteiger partial charge in [0.25, 0.3) is 0 Å². The molecule has 0 bridgehead atoms. The fourth-order valence-electron chi connectivity index (χ4n) is 0.530. The molecule has 0 aliphatic carbocycles. The Morgan fingerprint density at radius 1 is 1.43 bits per heavy atom. The van der Waals surface area contributed by atoms with Crippen LogP contribution in [0.2, 0.25) is 0 Å². The highest BCUT2D eigenvalue weighted by Crippen LogP contribution is 2.45. The quantitative estimate of drug-likeness (QED) is 0.467. The van der Waals surface area contributed by atoms with Crippen LogP contribution in [0.3, 0.4) is 0 Å². The molecule has 0 unspecified atom stereocenters. The second-order valence-electron chi connectivity index (χ2n) is 2.42. The van der Waals surface area contributed by atoms with Crippen LogP contribution in [-0.4, -0.2) is 10.5 Å². The van der Waals surface area contributed by atoms with Crippen LogP contribution in [0.4, 0.5) is 0 Å². The van der Waals surface area contributed by atoms with E-state index in [1.54, 1.807) is 0 Å². The molecule has 0 nitrogen and oxygen atoms in total. The Morgan fingerprint density at radius 2 is 2.14 bits per heavy atom. The molecule has 1 aliphatic heterocycles. The van der Waals surface area contributed by atoms with Crippen molar-refractivity contribution in [1.82, 2.24) is 0 Å². The monoisotopic (exact) mass is 134 g/mol. The van der Waals surface area contributed by atoms with Crippen LogP contribution >= 0.6 is 21.6 Å². The lowest BCUT2D eigenvalue weighted by Gasteiger charge is -2.11. The summed E-state index contributed by atoms with van der Waals surface area (Å²) in [6, 6.07) is 0. The van der Waals surface area contributed by atoms with E-state index in [9.17, 15) is 0 Å². The van der Waals surface area contributed by atoms with Crippen LogP contribution in [0.25, 0.3) is 0 Å². The van der Waals surface area contributed by atoms with Gasteiger partial charge >= 0.3 is 0 Å². The van der Waals surface area contributed by atoms with Gasteiger partial charge < -0.3 is 0 Å². The van der Waals surface area contributed by atoms with Crippen molar-refractivity contribution in [2.75, 3.05) is 5.75 Å². The van der Waals surface area contributed by atoms with Crippen molar-refractivity contribution in [3.05, 3.63) is 0 Å². The van der Waals surface area contributed by atoms with Gasteiger partial charge in [-0.2, -0.15) is 0 Å². The molecule has 42 valence electrons. The van der Waals surface area contributed by atoms with Crippen LogP contribution in [-0.2, 0) is 0 Å². The Labute approximate surface area is 52.8 Å². The zero-order valence-electron chi connectivity index (χ0n) is 4.73. The van der Waals surface area contributed by atoms with E-state index >= 15 is 0 Å². The van der Waals surface area contributed by atoms with Crippen LogP contribution in [0.1, 0.15) is 20.3 Å². The van der Waals surface area contributed by atoms with Gasteiger partial charge in [0.05, 0.1) is 0 Å². The first-order valence-electron chi connectivity index (χ1n) is 2.51. The molecule has 0 aromatic heterocycles. The predicted octanol–water partition coefficient (Wildman–Crippen LogP) is 2.55. The fourth-order valence-corrected chi connectivity index (χ4v) is 3.55. The van der Waals surface area contributed by atoms with E-state index < -0.39 is 0 Å². The molecule has 0 aromatic carbocycles. The van der Waals surface area contributed by atoms with E-state index in [2.05, 4.69) is 13.8 Å². The average molecular weight is 134 g/mol.